The number of fused-ring (bicyclic) bond motifs is 2. The molecule has 0 radical (unpaired) electrons. The molecule has 1 aromatic rings. The van der Waals surface area contributed by atoms with Crippen molar-refractivity contribution in [2.45, 2.75) is 38.3 Å². The summed E-state index contributed by atoms with van der Waals surface area (Å²) in [4.78, 5) is 28.6. The van der Waals surface area contributed by atoms with Crippen LogP contribution in [0.1, 0.15) is 48.0 Å². The zero-order chi connectivity index (χ0) is 19.9. The minimum Gasteiger partial charge on any atom is -0.339 e. The Balaban J connectivity index is 1.31. The van der Waals surface area contributed by atoms with Crippen LogP contribution in [0.2, 0.25) is 0 Å². The Morgan fingerprint density at radius 1 is 1.00 bits per heavy atom. The van der Waals surface area contributed by atoms with Crippen LogP contribution in [0.4, 0.5) is 13.2 Å². The third-order valence-corrected chi connectivity index (χ3v) is 6.68. The van der Waals surface area contributed by atoms with Gasteiger partial charge < -0.3 is 9.80 Å². The third kappa shape index (κ3) is 3.89. The van der Waals surface area contributed by atoms with E-state index in [-0.39, 0.29) is 11.5 Å². The standard InChI is InChI=1S/C21H25F3N2O2/c22-21(23,24)18-3-1-2-16(12-18)20(28)26-8-6-25(7-9-26)19(27)13-17-11-14-4-5-15(17)10-14/h1-3,12,14-15,17H,4-11,13H2/t14-,15-,17+/m0/s1. The van der Waals surface area contributed by atoms with Gasteiger partial charge in [0.2, 0.25) is 5.91 Å². The topological polar surface area (TPSA) is 40.6 Å². The second kappa shape index (κ2) is 7.41. The molecule has 7 heteroatoms. The highest BCUT2D eigenvalue weighted by Gasteiger charge is 2.41. The Hall–Kier alpha value is -2.05. The monoisotopic (exact) mass is 394 g/mol. The van der Waals surface area contributed by atoms with Crippen molar-refractivity contribution in [1.82, 2.24) is 9.80 Å². The zero-order valence-electron chi connectivity index (χ0n) is 15.8. The van der Waals surface area contributed by atoms with Crippen molar-refractivity contribution < 1.29 is 22.8 Å². The molecule has 4 rings (SSSR count). The van der Waals surface area contributed by atoms with Crippen LogP contribution < -0.4 is 0 Å². The molecule has 1 heterocycles. The quantitative estimate of drug-likeness (QED) is 0.782. The summed E-state index contributed by atoms with van der Waals surface area (Å²) in [7, 11) is 0. The first-order valence-corrected chi connectivity index (χ1v) is 10.1. The van der Waals surface area contributed by atoms with E-state index in [0.29, 0.717) is 44.4 Å². The minimum atomic E-state index is -4.47. The second-order valence-electron chi connectivity index (χ2n) is 8.39. The number of halogens is 3. The Kier molecular flexibility index (Phi) is 5.10. The van der Waals surface area contributed by atoms with Gasteiger partial charge in [-0.3, -0.25) is 9.59 Å². The summed E-state index contributed by atoms with van der Waals surface area (Å²) in [6.45, 7) is 1.61. The number of carbonyl (C=O) groups is 2. The normalized spacial score (nSPS) is 27.3. The van der Waals surface area contributed by atoms with Gasteiger partial charge in [0.15, 0.2) is 0 Å². The first-order chi connectivity index (χ1) is 13.3. The molecule has 152 valence electrons. The van der Waals surface area contributed by atoms with Crippen LogP contribution >= 0.6 is 0 Å². The predicted molar refractivity (Wildman–Crippen MR) is 97.5 cm³/mol. The van der Waals surface area contributed by atoms with Gasteiger partial charge in [-0.25, -0.2) is 0 Å². The highest BCUT2D eigenvalue weighted by atomic mass is 19.4. The summed E-state index contributed by atoms with van der Waals surface area (Å²) in [5, 5.41) is 0. The molecule has 2 amide bonds. The maximum absolute atomic E-state index is 12.9. The largest absolute Gasteiger partial charge is 0.416 e. The van der Waals surface area contributed by atoms with Crippen LogP contribution in [0.5, 0.6) is 0 Å². The van der Waals surface area contributed by atoms with Gasteiger partial charge in [-0.05, 0) is 55.2 Å². The second-order valence-corrected chi connectivity index (χ2v) is 8.39. The summed E-state index contributed by atoms with van der Waals surface area (Å²) >= 11 is 0. The molecular formula is C21H25F3N2O2. The number of hydrogen-bond donors (Lipinski definition) is 0. The lowest BCUT2D eigenvalue weighted by molar-refractivity contribution is -0.137. The summed E-state index contributed by atoms with van der Waals surface area (Å²) < 4.78 is 38.6. The zero-order valence-corrected chi connectivity index (χ0v) is 15.8. The maximum atomic E-state index is 12.9. The number of rotatable bonds is 3. The van der Waals surface area contributed by atoms with Crippen LogP contribution in [-0.2, 0) is 11.0 Å². The van der Waals surface area contributed by atoms with E-state index in [1.54, 1.807) is 0 Å². The van der Waals surface area contributed by atoms with E-state index in [2.05, 4.69) is 0 Å². The molecule has 1 saturated heterocycles. The van der Waals surface area contributed by atoms with E-state index in [1.807, 2.05) is 4.90 Å². The number of alkyl halides is 3. The molecule has 2 aliphatic carbocycles. The van der Waals surface area contributed by atoms with Gasteiger partial charge in [-0.1, -0.05) is 12.5 Å². The van der Waals surface area contributed by atoms with Crippen LogP contribution in [0.25, 0.3) is 0 Å². The Morgan fingerprint density at radius 2 is 1.71 bits per heavy atom. The van der Waals surface area contributed by atoms with E-state index in [9.17, 15) is 22.8 Å². The lowest BCUT2D eigenvalue weighted by atomic mass is 9.86. The summed E-state index contributed by atoms with van der Waals surface area (Å²) in [5.74, 6) is 1.77. The molecule has 1 aliphatic heterocycles. The molecule has 1 aromatic carbocycles. The molecule has 0 unspecified atom stereocenters. The average Bonchev–Trinajstić information content (AvgIpc) is 3.30. The molecule has 4 nitrogen and oxygen atoms in total. The SMILES string of the molecule is O=C(C[C@H]1C[C@H]2CC[C@H]1C2)N1CCN(C(=O)c2cccc(C(F)(F)F)c2)CC1. The fourth-order valence-corrected chi connectivity index (χ4v) is 5.15. The summed E-state index contributed by atoms with van der Waals surface area (Å²) in [5.41, 5.74) is -0.783. The number of piperazine rings is 1. The molecule has 2 saturated carbocycles. The van der Waals surface area contributed by atoms with Crippen molar-refractivity contribution in [1.29, 1.82) is 0 Å². The van der Waals surface area contributed by atoms with E-state index in [1.165, 1.54) is 42.7 Å². The molecule has 3 aliphatic rings. The van der Waals surface area contributed by atoms with Gasteiger partial charge in [0, 0.05) is 38.2 Å². The van der Waals surface area contributed by atoms with Gasteiger partial charge in [0.1, 0.15) is 0 Å². The minimum absolute atomic E-state index is 0.0385. The number of carbonyl (C=O) groups excluding carboxylic acids is 2. The maximum Gasteiger partial charge on any atom is 0.416 e. The lowest BCUT2D eigenvalue weighted by Gasteiger charge is -2.36. The van der Waals surface area contributed by atoms with Gasteiger partial charge in [0.25, 0.3) is 5.91 Å². The van der Waals surface area contributed by atoms with Crippen LogP contribution in [-0.4, -0.2) is 47.8 Å². The predicted octanol–water partition coefficient (Wildman–Crippen LogP) is 3.82. The highest BCUT2D eigenvalue weighted by Crippen LogP contribution is 2.49. The number of benzene rings is 1. The number of amides is 2. The van der Waals surface area contributed by atoms with Crippen LogP contribution in [0.3, 0.4) is 0 Å². The molecule has 0 N–H and O–H groups in total. The van der Waals surface area contributed by atoms with Gasteiger partial charge in [0.05, 0.1) is 5.56 Å². The first kappa shape index (κ1) is 19.3. The fourth-order valence-electron chi connectivity index (χ4n) is 5.15. The van der Waals surface area contributed by atoms with E-state index < -0.39 is 17.6 Å². The first-order valence-electron chi connectivity index (χ1n) is 10.1. The van der Waals surface area contributed by atoms with Gasteiger partial charge in [-0.2, -0.15) is 13.2 Å². The number of hydrogen-bond acceptors (Lipinski definition) is 2. The van der Waals surface area contributed by atoms with E-state index >= 15 is 0 Å². The lowest BCUT2D eigenvalue weighted by Crippen LogP contribution is -2.51. The average molecular weight is 394 g/mol. The van der Waals surface area contributed by atoms with Crippen molar-refractivity contribution >= 4 is 11.8 Å². The number of nitrogens with zero attached hydrogens (tertiary/aromatic N) is 2. The van der Waals surface area contributed by atoms with Crippen molar-refractivity contribution in [3.8, 4) is 0 Å². The molecule has 0 spiro atoms. The molecule has 3 fully saturated rings. The van der Waals surface area contributed by atoms with Crippen molar-refractivity contribution in [2.75, 3.05) is 26.2 Å². The summed E-state index contributed by atoms with van der Waals surface area (Å²) in [6, 6.07) is 4.52. The van der Waals surface area contributed by atoms with E-state index in [0.717, 1.165) is 18.1 Å². The van der Waals surface area contributed by atoms with Gasteiger partial charge in [-0.15, -0.1) is 0 Å². The Morgan fingerprint density at radius 3 is 2.32 bits per heavy atom. The Bertz CT molecular complexity index is 756. The molecular weight excluding hydrogens is 369 g/mol. The fraction of sp³-hybridized carbons (Fsp3) is 0.619. The van der Waals surface area contributed by atoms with Crippen LogP contribution in [0.15, 0.2) is 24.3 Å². The summed E-state index contributed by atoms with van der Waals surface area (Å²) in [6.07, 6.45) is 1.14. The van der Waals surface area contributed by atoms with Crippen molar-refractivity contribution in [2.24, 2.45) is 17.8 Å². The third-order valence-electron chi connectivity index (χ3n) is 6.68. The molecule has 28 heavy (non-hydrogen) atoms. The van der Waals surface area contributed by atoms with Crippen molar-refractivity contribution in [3.63, 3.8) is 0 Å². The smallest absolute Gasteiger partial charge is 0.339 e. The molecule has 3 atom stereocenters. The van der Waals surface area contributed by atoms with Gasteiger partial charge >= 0.3 is 6.18 Å². The molecule has 2 bridgehead atoms. The van der Waals surface area contributed by atoms with E-state index in [4.69, 9.17) is 0 Å². The molecule has 0 aromatic heterocycles. The highest BCUT2D eigenvalue weighted by molar-refractivity contribution is 5.94. The van der Waals surface area contributed by atoms with Crippen molar-refractivity contribution in [3.05, 3.63) is 35.4 Å². The van der Waals surface area contributed by atoms with Crippen LogP contribution in [0, 0.1) is 17.8 Å². The Labute approximate surface area is 162 Å².